The van der Waals surface area contributed by atoms with Crippen LogP contribution in [0, 0.1) is 5.92 Å². The molecule has 0 aromatic carbocycles. The van der Waals surface area contributed by atoms with E-state index < -0.39 is 12.0 Å². The highest BCUT2D eigenvalue weighted by Crippen LogP contribution is 2.47. The van der Waals surface area contributed by atoms with Crippen molar-refractivity contribution in [2.24, 2.45) is 5.92 Å². The molecule has 0 aromatic heterocycles. The summed E-state index contributed by atoms with van der Waals surface area (Å²) in [6, 6.07) is 0. The van der Waals surface area contributed by atoms with E-state index in [9.17, 15) is 14.0 Å². The summed E-state index contributed by atoms with van der Waals surface area (Å²) in [4.78, 5) is 30.3. The average Bonchev–Trinajstić information content (AvgIpc) is 3.03. The molecule has 5 aliphatic rings. The smallest absolute Gasteiger partial charge is 0.296 e. The van der Waals surface area contributed by atoms with Crippen LogP contribution in [0.15, 0.2) is 46.8 Å². The van der Waals surface area contributed by atoms with Gasteiger partial charge < -0.3 is 14.4 Å². The zero-order chi connectivity index (χ0) is 21.6. The molecule has 166 valence electrons. The first-order valence-electron chi connectivity index (χ1n) is 11.4. The molecule has 6 nitrogen and oxygen atoms in total. The van der Waals surface area contributed by atoms with Crippen LogP contribution in [0.3, 0.4) is 0 Å². The molecular formula is C24H29FN2O4. The summed E-state index contributed by atoms with van der Waals surface area (Å²) in [6.45, 7) is 4.16. The summed E-state index contributed by atoms with van der Waals surface area (Å²) in [5, 5.41) is 0. The Bertz CT molecular complexity index is 907. The summed E-state index contributed by atoms with van der Waals surface area (Å²) in [7, 11) is 0. The molecule has 2 saturated heterocycles. The summed E-state index contributed by atoms with van der Waals surface area (Å²) < 4.78 is 26.0. The van der Waals surface area contributed by atoms with Crippen LogP contribution in [-0.2, 0) is 19.1 Å². The van der Waals surface area contributed by atoms with E-state index in [0.717, 1.165) is 38.8 Å². The Hall–Kier alpha value is -2.25. The van der Waals surface area contributed by atoms with Gasteiger partial charge in [0.05, 0.1) is 24.8 Å². The standard InChI is InChI=1S/C24H29FN2O4/c1-16-14-18(7-8-20(16)25)27-21-9-6-17(22(28)26-10-3-2-4-11-26)15-19(21)24(23(27)29)30-12-5-13-31-24/h6-7,9,14,17,20H,2-5,8,10-13,15H2,1H3. The molecule has 0 saturated carbocycles. The first kappa shape index (κ1) is 20.6. The van der Waals surface area contributed by atoms with E-state index >= 15 is 0 Å². The molecule has 0 radical (unpaired) electrons. The molecule has 2 fully saturated rings. The number of alkyl halides is 1. The Morgan fingerprint density at radius 1 is 1.16 bits per heavy atom. The van der Waals surface area contributed by atoms with E-state index in [1.54, 1.807) is 24.0 Å². The average molecular weight is 429 g/mol. The minimum absolute atomic E-state index is 0.104. The quantitative estimate of drug-likeness (QED) is 0.677. The number of hydrogen-bond acceptors (Lipinski definition) is 4. The number of allylic oxidation sites excluding steroid dienone is 4. The number of ether oxygens (including phenoxy) is 2. The van der Waals surface area contributed by atoms with Gasteiger partial charge in [-0.05, 0) is 56.8 Å². The predicted octanol–water partition coefficient (Wildman–Crippen LogP) is 3.38. The molecule has 5 rings (SSSR count). The minimum Gasteiger partial charge on any atom is -0.342 e. The van der Waals surface area contributed by atoms with Crippen molar-refractivity contribution in [3.05, 3.63) is 46.8 Å². The molecule has 2 amide bonds. The third-order valence-corrected chi connectivity index (χ3v) is 6.89. The fourth-order valence-corrected chi connectivity index (χ4v) is 5.15. The lowest BCUT2D eigenvalue weighted by molar-refractivity contribution is -0.236. The van der Waals surface area contributed by atoms with E-state index in [1.165, 1.54) is 0 Å². The maximum atomic E-state index is 14.0. The molecular weight excluding hydrogens is 399 g/mol. The van der Waals surface area contributed by atoms with Gasteiger partial charge in [0.15, 0.2) is 0 Å². The summed E-state index contributed by atoms with van der Waals surface area (Å²) in [5.74, 6) is -2.01. The van der Waals surface area contributed by atoms with Crippen molar-refractivity contribution in [1.82, 2.24) is 9.80 Å². The SMILES string of the molecule is CC1=CC(N2C(=O)C3(OCCCO3)C3=C2C=CC(C(=O)N2CCCCC2)C3)=CCC1F. The third-order valence-electron chi connectivity index (χ3n) is 6.89. The zero-order valence-corrected chi connectivity index (χ0v) is 17.9. The second-order valence-electron chi connectivity index (χ2n) is 8.95. The van der Waals surface area contributed by atoms with E-state index in [-0.39, 0.29) is 24.2 Å². The van der Waals surface area contributed by atoms with Gasteiger partial charge in [0.1, 0.15) is 6.17 Å². The first-order chi connectivity index (χ1) is 15.0. The predicted molar refractivity (Wildman–Crippen MR) is 112 cm³/mol. The van der Waals surface area contributed by atoms with Crippen LogP contribution in [-0.4, -0.2) is 59.9 Å². The molecule has 3 heterocycles. The minimum atomic E-state index is -1.48. The molecule has 2 aliphatic carbocycles. The Morgan fingerprint density at radius 3 is 2.61 bits per heavy atom. The fourth-order valence-electron chi connectivity index (χ4n) is 5.15. The molecule has 0 N–H and O–H groups in total. The normalized spacial score (nSPS) is 30.5. The highest BCUT2D eigenvalue weighted by atomic mass is 19.1. The van der Waals surface area contributed by atoms with Gasteiger partial charge in [-0.1, -0.05) is 12.2 Å². The van der Waals surface area contributed by atoms with Crippen molar-refractivity contribution in [3.8, 4) is 0 Å². The zero-order valence-electron chi connectivity index (χ0n) is 17.9. The van der Waals surface area contributed by atoms with Crippen LogP contribution in [0.5, 0.6) is 0 Å². The number of halogens is 1. The molecule has 31 heavy (non-hydrogen) atoms. The second-order valence-corrected chi connectivity index (χ2v) is 8.95. The third kappa shape index (κ3) is 3.38. The lowest BCUT2D eigenvalue weighted by Crippen LogP contribution is -2.50. The summed E-state index contributed by atoms with van der Waals surface area (Å²) in [5.41, 5.74) is 2.65. The van der Waals surface area contributed by atoms with Crippen LogP contribution in [0.2, 0.25) is 0 Å². The Balaban J connectivity index is 1.48. The van der Waals surface area contributed by atoms with Gasteiger partial charge in [-0.15, -0.1) is 0 Å². The Morgan fingerprint density at radius 2 is 1.90 bits per heavy atom. The maximum absolute atomic E-state index is 14.0. The molecule has 2 unspecified atom stereocenters. The number of rotatable bonds is 2. The van der Waals surface area contributed by atoms with Crippen molar-refractivity contribution < 1.29 is 23.5 Å². The monoisotopic (exact) mass is 428 g/mol. The number of fused-ring (bicyclic) bond motifs is 1. The van der Waals surface area contributed by atoms with Crippen LogP contribution in [0.25, 0.3) is 0 Å². The van der Waals surface area contributed by atoms with Crippen molar-refractivity contribution in [2.75, 3.05) is 26.3 Å². The van der Waals surface area contributed by atoms with Gasteiger partial charge >= 0.3 is 0 Å². The number of carbonyl (C=O) groups excluding carboxylic acids is 2. The number of carbonyl (C=O) groups is 2. The Kier molecular flexibility index (Phi) is 5.34. The van der Waals surface area contributed by atoms with Crippen LogP contribution >= 0.6 is 0 Å². The molecule has 2 atom stereocenters. The van der Waals surface area contributed by atoms with Gasteiger partial charge in [0, 0.05) is 30.8 Å². The number of nitrogens with zero attached hydrogens (tertiary/aromatic N) is 2. The summed E-state index contributed by atoms with van der Waals surface area (Å²) >= 11 is 0. The summed E-state index contributed by atoms with van der Waals surface area (Å²) in [6.07, 6.45) is 10.8. The van der Waals surface area contributed by atoms with Crippen LogP contribution in [0.1, 0.15) is 45.4 Å². The topological polar surface area (TPSA) is 59.1 Å². The molecule has 0 aromatic rings. The van der Waals surface area contributed by atoms with Gasteiger partial charge in [-0.2, -0.15) is 0 Å². The van der Waals surface area contributed by atoms with Gasteiger partial charge in [0.25, 0.3) is 11.7 Å². The maximum Gasteiger partial charge on any atom is 0.296 e. The molecule has 1 spiro atoms. The van der Waals surface area contributed by atoms with E-state index in [4.69, 9.17) is 9.47 Å². The highest BCUT2D eigenvalue weighted by Gasteiger charge is 2.58. The van der Waals surface area contributed by atoms with Gasteiger partial charge in [-0.25, -0.2) is 4.39 Å². The number of likely N-dealkylation sites (tertiary alicyclic amines) is 1. The van der Waals surface area contributed by atoms with Crippen LogP contribution in [0.4, 0.5) is 4.39 Å². The van der Waals surface area contributed by atoms with Crippen molar-refractivity contribution in [1.29, 1.82) is 0 Å². The van der Waals surface area contributed by atoms with E-state index in [1.807, 2.05) is 17.1 Å². The van der Waals surface area contributed by atoms with Crippen molar-refractivity contribution in [3.63, 3.8) is 0 Å². The molecule has 7 heteroatoms. The second kappa shape index (κ2) is 8.02. The number of piperidine rings is 1. The first-order valence-corrected chi connectivity index (χ1v) is 11.4. The Labute approximate surface area is 182 Å². The van der Waals surface area contributed by atoms with Crippen molar-refractivity contribution >= 4 is 11.8 Å². The molecule has 0 bridgehead atoms. The lowest BCUT2D eigenvalue weighted by Gasteiger charge is -2.36. The highest BCUT2D eigenvalue weighted by molar-refractivity contribution is 5.96. The molecule has 3 aliphatic heterocycles. The number of amides is 2. The van der Waals surface area contributed by atoms with Gasteiger partial charge in [0.2, 0.25) is 5.91 Å². The van der Waals surface area contributed by atoms with E-state index in [2.05, 4.69) is 0 Å². The van der Waals surface area contributed by atoms with Gasteiger partial charge in [-0.3, -0.25) is 14.5 Å². The largest absolute Gasteiger partial charge is 0.342 e. The fraction of sp³-hybridized carbons (Fsp3) is 0.583. The van der Waals surface area contributed by atoms with Crippen molar-refractivity contribution in [2.45, 2.75) is 57.4 Å². The van der Waals surface area contributed by atoms with Crippen LogP contribution < -0.4 is 0 Å². The van der Waals surface area contributed by atoms with E-state index in [0.29, 0.717) is 42.2 Å². The number of hydrogen-bond donors (Lipinski definition) is 0. The lowest BCUT2D eigenvalue weighted by atomic mass is 9.87.